The third-order valence-electron chi connectivity index (χ3n) is 4.22. The molecule has 0 aliphatic heterocycles. The van der Waals surface area contributed by atoms with Gasteiger partial charge < -0.3 is 4.90 Å². The summed E-state index contributed by atoms with van der Waals surface area (Å²) in [6.45, 7) is 0. The summed E-state index contributed by atoms with van der Waals surface area (Å²) in [7, 11) is 2.12. The maximum absolute atomic E-state index is 5.64. The third-order valence-corrected chi connectivity index (χ3v) is 4.22. The molecule has 0 heterocycles. The standard InChI is InChI=1S/C13H26N4/c1-17(12-9-5-6-10-12)13(16-14)15-11-7-3-2-4-8-11/h11-12H,2-10,14H2,1H3,(H,15,16). The van der Waals surface area contributed by atoms with E-state index in [1.807, 2.05) is 0 Å². The van der Waals surface area contributed by atoms with Crippen LogP contribution in [0.5, 0.6) is 0 Å². The Balaban J connectivity index is 1.95. The Morgan fingerprint density at radius 1 is 1.06 bits per heavy atom. The second-order valence-corrected chi connectivity index (χ2v) is 5.44. The van der Waals surface area contributed by atoms with Crippen molar-refractivity contribution >= 4 is 5.96 Å². The number of guanidine groups is 1. The van der Waals surface area contributed by atoms with Gasteiger partial charge in [0.1, 0.15) is 0 Å². The average molecular weight is 238 g/mol. The van der Waals surface area contributed by atoms with Crippen LogP contribution in [0.4, 0.5) is 0 Å². The number of nitrogens with one attached hydrogen (secondary N) is 1. The maximum atomic E-state index is 5.64. The molecule has 0 aromatic heterocycles. The molecule has 3 N–H and O–H groups in total. The van der Waals surface area contributed by atoms with Crippen LogP contribution < -0.4 is 11.3 Å². The van der Waals surface area contributed by atoms with E-state index >= 15 is 0 Å². The lowest BCUT2D eigenvalue weighted by Gasteiger charge is -2.29. The van der Waals surface area contributed by atoms with Gasteiger partial charge in [-0.1, -0.05) is 32.1 Å². The predicted octanol–water partition coefficient (Wildman–Crippen LogP) is 2.01. The molecular formula is C13H26N4. The lowest BCUT2D eigenvalue weighted by atomic mass is 9.96. The van der Waals surface area contributed by atoms with E-state index in [4.69, 9.17) is 10.8 Å². The van der Waals surface area contributed by atoms with E-state index in [2.05, 4.69) is 17.4 Å². The normalized spacial score (nSPS) is 24.0. The molecule has 4 nitrogen and oxygen atoms in total. The molecule has 0 saturated heterocycles. The van der Waals surface area contributed by atoms with Gasteiger partial charge in [-0.25, -0.2) is 10.8 Å². The number of hydrogen-bond acceptors (Lipinski definition) is 2. The van der Waals surface area contributed by atoms with E-state index in [1.165, 1.54) is 57.8 Å². The van der Waals surface area contributed by atoms with Crippen molar-refractivity contribution in [3.05, 3.63) is 0 Å². The second-order valence-electron chi connectivity index (χ2n) is 5.44. The molecule has 2 aliphatic carbocycles. The van der Waals surface area contributed by atoms with Crippen molar-refractivity contribution in [3.63, 3.8) is 0 Å². The van der Waals surface area contributed by atoms with Crippen LogP contribution in [0.15, 0.2) is 4.99 Å². The van der Waals surface area contributed by atoms with Crippen molar-refractivity contribution in [2.45, 2.75) is 69.9 Å². The lowest BCUT2D eigenvalue weighted by molar-refractivity contribution is 0.351. The van der Waals surface area contributed by atoms with Crippen molar-refractivity contribution in [3.8, 4) is 0 Å². The monoisotopic (exact) mass is 238 g/mol. The average Bonchev–Trinajstić information content (AvgIpc) is 2.90. The molecule has 0 unspecified atom stereocenters. The van der Waals surface area contributed by atoms with Crippen molar-refractivity contribution < 1.29 is 0 Å². The van der Waals surface area contributed by atoms with Crippen LogP contribution in [0.2, 0.25) is 0 Å². The van der Waals surface area contributed by atoms with Crippen LogP contribution in [0, 0.1) is 0 Å². The van der Waals surface area contributed by atoms with Gasteiger partial charge in [-0.15, -0.1) is 0 Å². The highest BCUT2D eigenvalue weighted by Gasteiger charge is 2.23. The molecule has 0 atom stereocenters. The van der Waals surface area contributed by atoms with E-state index in [-0.39, 0.29) is 0 Å². The van der Waals surface area contributed by atoms with Crippen molar-refractivity contribution in [1.29, 1.82) is 0 Å². The Labute approximate surface area is 105 Å². The van der Waals surface area contributed by atoms with Crippen LogP contribution in [0.25, 0.3) is 0 Å². The molecule has 0 spiro atoms. The van der Waals surface area contributed by atoms with Gasteiger partial charge >= 0.3 is 0 Å². The minimum Gasteiger partial charge on any atom is -0.342 e. The first-order chi connectivity index (χ1) is 8.31. The Hall–Kier alpha value is -0.770. The fourth-order valence-corrected chi connectivity index (χ4v) is 3.08. The maximum Gasteiger partial charge on any atom is 0.208 e. The van der Waals surface area contributed by atoms with Gasteiger partial charge in [0.25, 0.3) is 0 Å². The fourth-order valence-electron chi connectivity index (χ4n) is 3.08. The van der Waals surface area contributed by atoms with Crippen LogP contribution in [0.3, 0.4) is 0 Å². The van der Waals surface area contributed by atoms with Crippen LogP contribution in [-0.2, 0) is 0 Å². The highest BCUT2D eigenvalue weighted by atomic mass is 15.4. The minimum atomic E-state index is 0.485. The molecule has 0 aromatic rings. The number of hydrogen-bond donors (Lipinski definition) is 2. The van der Waals surface area contributed by atoms with Gasteiger partial charge in [-0.2, -0.15) is 0 Å². The van der Waals surface area contributed by atoms with E-state index < -0.39 is 0 Å². The summed E-state index contributed by atoms with van der Waals surface area (Å²) in [6.07, 6.45) is 11.7. The Kier molecular flexibility index (Phi) is 4.66. The van der Waals surface area contributed by atoms with Gasteiger partial charge in [0.2, 0.25) is 5.96 Å². The number of nitrogens with zero attached hydrogens (tertiary/aromatic N) is 2. The van der Waals surface area contributed by atoms with Gasteiger partial charge in [0.15, 0.2) is 0 Å². The zero-order valence-corrected chi connectivity index (χ0v) is 11.0. The highest BCUT2D eigenvalue weighted by Crippen LogP contribution is 2.24. The summed E-state index contributed by atoms with van der Waals surface area (Å²) < 4.78 is 0. The summed E-state index contributed by atoms with van der Waals surface area (Å²) in [5.74, 6) is 6.53. The summed E-state index contributed by atoms with van der Waals surface area (Å²) >= 11 is 0. The molecule has 0 aromatic carbocycles. The third kappa shape index (κ3) is 3.35. The molecule has 2 aliphatic rings. The molecule has 0 amide bonds. The SMILES string of the molecule is CN(C(=NC1CCCCC1)NN)C1CCCC1. The van der Waals surface area contributed by atoms with Crippen molar-refractivity contribution in [1.82, 2.24) is 10.3 Å². The van der Waals surface area contributed by atoms with Gasteiger partial charge in [0.05, 0.1) is 6.04 Å². The first-order valence-electron chi connectivity index (χ1n) is 7.08. The summed E-state index contributed by atoms with van der Waals surface area (Å²) in [6, 6.07) is 1.12. The summed E-state index contributed by atoms with van der Waals surface area (Å²) in [5, 5.41) is 0. The molecule has 4 heteroatoms. The van der Waals surface area contributed by atoms with Crippen molar-refractivity contribution in [2.75, 3.05) is 7.05 Å². The molecule has 17 heavy (non-hydrogen) atoms. The van der Waals surface area contributed by atoms with Crippen LogP contribution >= 0.6 is 0 Å². The molecule has 0 bridgehead atoms. The van der Waals surface area contributed by atoms with Crippen molar-refractivity contribution in [2.24, 2.45) is 10.8 Å². The predicted molar refractivity (Wildman–Crippen MR) is 71.7 cm³/mol. The molecular weight excluding hydrogens is 212 g/mol. The number of aliphatic imine (C=N–C) groups is 1. The van der Waals surface area contributed by atoms with E-state index in [0.29, 0.717) is 12.1 Å². The quantitative estimate of drug-likeness (QED) is 0.335. The number of hydrazine groups is 1. The van der Waals surface area contributed by atoms with Gasteiger partial charge in [-0.3, -0.25) is 5.43 Å². The topological polar surface area (TPSA) is 53.6 Å². The van der Waals surface area contributed by atoms with E-state index in [1.54, 1.807) is 0 Å². The Morgan fingerprint density at radius 3 is 2.24 bits per heavy atom. The van der Waals surface area contributed by atoms with Crippen LogP contribution in [0.1, 0.15) is 57.8 Å². The zero-order valence-electron chi connectivity index (χ0n) is 11.0. The molecule has 2 saturated carbocycles. The molecule has 98 valence electrons. The number of nitrogens with two attached hydrogens (primary N) is 1. The molecule has 0 radical (unpaired) electrons. The van der Waals surface area contributed by atoms with Gasteiger partial charge in [-0.05, 0) is 25.7 Å². The fraction of sp³-hybridized carbons (Fsp3) is 0.923. The first-order valence-corrected chi connectivity index (χ1v) is 7.08. The summed E-state index contributed by atoms with van der Waals surface area (Å²) in [5.41, 5.74) is 2.80. The molecule has 2 rings (SSSR count). The van der Waals surface area contributed by atoms with E-state index in [0.717, 1.165) is 5.96 Å². The van der Waals surface area contributed by atoms with Crippen LogP contribution in [-0.4, -0.2) is 30.0 Å². The number of rotatable bonds is 2. The zero-order chi connectivity index (χ0) is 12.1. The summed E-state index contributed by atoms with van der Waals surface area (Å²) in [4.78, 5) is 7.06. The second kappa shape index (κ2) is 6.24. The minimum absolute atomic E-state index is 0.485. The first kappa shape index (κ1) is 12.7. The highest BCUT2D eigenvalue weighted by molar-refractivity contribution is 5.79. The Morgan fingerprint density at radius 2 is 1.65 bits per heavy atom. The Bertz CT molecular complexity index is 252. The molecule has 2 fully saturated rings. The lowest BCUT2D eigenvalue weighted by Crippen LogP contribution is -2.47. The largest absolute Gasteiger partial charge is 0.342 e. The van der Waals surface area contributed by atoms with Gasteiger partial charge in [0, 0.05) is 13.1 Å². The smallest absolute Gasteiger partial charge is 0.208 e. The van der Waals surface area contributed by atoms with E-state index in [9.17, 15) is 0 Å².